The first kappa shape index (κ1) is 21.7. The molecule has 0 unspecified atom stereocenters. The molecule has 0 aliphatic rings. The third-order valence-electron chi connectivity index (χ3n) is 4.63. The summed E-state index contributed by atoms with van der Waals surface area (Å²) in [4.78, 5) is 44.1. The van der Waals surface area contributed by atoms with Crippen LogP contribution in [-0.4, -0.2) is 21.2 Å². The van der Waals surface area contributed by atoms with E-state index >= 15 is 0 Å². The number of nitrogens with zero attached hydrogens (tertiary/aromatic N) is 2. The van der Waals surface area contributed by atoms with Crippen LogP contribution in [0.15, 0.2) is 65.5 Å². The lowest BCUT2D eigenvalue weighted by Gasteiger charge is -2.08. The van der Waals surface area contributed by atoms with Crippen molar-refractivity contribution in [3.05, 3.63) is 92.3 Å². The van der Waals surface area contributed by atoms with E-state index in [1.165, 1.54) is 10.5 Å². The van der Waals surface area contributed by atoms with Gasteiger partial charge in [-0.15, -0.1) is 0 Å². The highest BCUT2D eigenvalue weighted by atomic mass is 35.5. The number of amides is 2. The van der Waals surface area contributed by atoms with Gasteiger partial charge in [-0.1, -0.05) is 54.5 Å². The van der Waals surface area contributed by atoms with Gasteiger partial charge in [-0.25, -0.2) is 9.38 Å². The molecule has 0 aliphatic carbocycles. The van der Waals surface area contributed by atoms with Gasteiger partial charge in [-0.3, -0.25) is 14.4 Å². The molecule has 0 saturated carbocycles. The first-order valence-electron chi connectivity index (χ1n) is 9.95. The fourth-order valence-electron chi connectivity index (χ4n) is 3.20. The summed E-state index contributed by atoms with van der Waals surface area (Å²) in [5.41, 5.74) is 1.21. The average Bonchev–Trinajstić information content (AvgIpc) is 3.17. The van der Waals surface area contributed by atoms with Crippen molar-refractivity contribution in [2.24, 2.45) is 0 Å². The van der Waals surface area contributed by atoms with E-state index in [1.54, 1.807) is 48.5 Å². The van der Waals surface area contributed by atoms with Crippen LogP contribution in [0.3, 0.4) is 0 Å². The molecule has 2 aromatic heterocycles. The number of para-hydroxylation sites is 1. The van der Waals surface area contributed by atoms with E-state index in [-0.39, 0.29) is 10.6 Å². The molecule has 0 spiro atoms. The van der Waals surface area contributed by atoms with Crippen molar-refractivity contribution in [1.82, 2.24) is 9.38 Å². The number of aromatic nitrogens is 2. The minimum Gasteiger partial charge on any atom is -0.321 e. The van der Waals surface area contributed by atoms with Crippen molar-refractivity contribution in [2.75, 3.05) is 10.6 Å². The lowest BCUT2D eigenvalue weighted by atomic mass is 10.2. The molecule has 9 heteroatoms. The Labute approximate surface area is 192 Å². The zero-order chi connectivity index (χ0) is 22.7. The molecular formula is C23H19ClN4O3S. The van der Waals surface area contributed by atoms with Crippen LogP contribution in [0.4, 0.5) is 11.4 Å². The van der Waals surface area contributed by atoms with Crippen LogP contribution >= 0.6 is 22.9 Å². The van der Waals surface area contributed by atoms with Gasteiger partial charge in [0.1, 0.15) is 10.6 Å². The third-order valence-corrected chi connectivity index (χ3v) is 5.93. The number of nitrogens with one attached hydrogen (secondary N) is 2. The molecular weight excluding hydrogens is 448 g/mol. The van der Waals surface area contributed by atoms with Gasteiger partial charge in [-0.05, 0) is 42.8 Å². The van der Waals surface area contributed by atoms with Crippen LogP contribution in [0.25, 0.3) is 4.96 Å². The Kier molecular flexibility index (Phi) is 6.34. The molecule has 2 N–H and O–H groups in total. The second-order valence-corrected chi connectivity index (χ2v) is 8.43. The second-order valence-electron chi connectivity index (χ2n) is 7.01. The summed E-state index contributed by atoms with van der Waals surface area (Å²) >= 11 is 6.92. The van der Waals surface area contributed by atoms with Crippen molar-refractivity contribution in [1.29, 1.82) is 0 Å². The fraction of sp³-hybridized carbons (Fsp3) is 0.130. The van der Waals surface area contributed by atoms with E-state index in [2.05, 4.69) is 15.6 Å². The summed E-state index contributed by atoms with van der Waals surface area (Å²) in [6.07, 6.45) is 1.45. The van der Waals surface area contributed by atoms with Gasteiger partial charge in [0.15, 0.2) is 4.96 Å². The number of fused-ring (bicyclic) bond motifs is 1. The summed E-state index contributed by atoms with van der Waals surface area (Å²) < 4.78 is 1.19. The fourth-order valence-corrected chi connectivity index (χ4v) is 4.37. The maximum absolute atomic E-state index is 13.2. The number of carbonyl (C=O) groups excluding carboxylic acids is 2. The summed E-state index contributed by atoms with van der Waals surface area (Å²) in [5.74, 6) is -1.09. The van der Waals surface area contributed by atoms with Crippen LogP contribution < -0.4 is 16.2 Å². The summed E-state index contributed by atoms with van der Waals surface area (Å²) in [6.45, 7) is 1.99. The number of hydrogen-bond donors (Lipinski definition) is 2. The highest BCUT2D eigenvalue weighted by Crippen LogP contribution is 2.24. The number of anilines is 2. The molecule has 0 bridgehead atoms. The Morgan fingerprint density at radius 2 is 1.66 bits per heavy atom. The molecule has 32 heavy (non-hydrogen) atoms. The quantitative estimate of drug-likeness (QED) is 0.424. The smallest absolute Gasteiger partial charge is 0.274 e. The lowest BCUT2D eigenvalue weighted by molar-refractivity contribution is 0.0989. The van der Waals surface area contributed by atoms with Crippen LogP contribution in [0, 0.1) is 0 Å². The molecule has 4 rings (SSSR count). The van der Waals surface area contributed by atoms with E-state index in [9.17, 15) is 14.4 Å². The summed E-state index contributed by atoms with van der Waals surface area (Å²) in [5, 5.41) is 6.03. The number of hydrogen-bond acceptors (Lipinski definition) is 5. The van der Waals surface area contributed by atoms with E-state index in [0.29, 0.717) is 33.5 Å². The van der Waals surface area contributed by atoms with Gasteiger partial charge < -0.3 is 10.6 Å². The van der Waals surface area contributed by atoms with E-state index in [1.807, 2.05) is 13.0 Å². The average molecular weight is 467 g/mol. The molecule has 2 heterocycles. The first-order chi connectivity index (χ1) is 15.5. The Bertz CT molecular complexity index is 1350. The van der Waals surface area contributed by atoms with Gasteiger partial charge in [-0.2, -0.15) is 0 Å². The molecule has 0 fully saturated rings. The SMILES string of the molecule is CCCc1cc(=O)n2c(C(=O)Nc3ccc(Cl)cc3)c(C(=O)Nc3ccccc3)sc2n1. The largest absolute Gasteiger partial charge is 0.321 e. The minimum absolute atomic E-state index is 0.0612. The van der Waals surface area contributed by atoms with Gasteiger partial charge in [0.2, 0.25) is 0 Å². The zero-order valence-electron chi connectivity index (χ0n) is 17.1. The van der Waals surface area contributed by atoms with Gasteiger partial charge >= 0.3 is 0 Å². The molecule has 4 aromatic rings. The van der Waals surface area contributed by atoms with Gasteiger partial charge in [0, 0.05) is 28.2 Å². The molecule has 7 nitrogen and oxygen atoms in total. The van der Waals surface area contributed by atoms with Crippen molar-refractivity contribution < 1.29 is 9.59 Å². The Morgan fingerprint density at radius 3 is 2.34 bits per heavy atom. The number of benzene rings is 2. The van der Waals surface area contributed by atoms with Crippen LogP contribution in [-0.2, 0) is 6.42 Å². The molecule has 0 saturated heterocycles. The Morgan fingerprint density at radius 1 is 1.00 bits per heavy atom. The molecule has 0 atom stereocenters. The number of aryl methyl sites for hydroxylation is 1. The predicted molar refractivity (Wildman–Crippen MR) is 127 cm³/mol. The topological polar surface area (TPSA) is 92.6 Å². The highest BCUT2D eigenvalue weighted by Gasteiger charge is 2.26. The number of rotatable bonds is 6. The van der Waals surface area contributed by atoms with Gasteiger partial charge in [0.05, 0.1) is 0 Å². The number of halogens is 1. The standard InChI is InChI=1S/C23H19ClN4O3S/c1-2-6-17-13-18(29)28-19(21(30)25-16-11-9-14(24)10-12-16)20(32-23(28)27-17)22(31)26-15-7-4-3-5-8-15/h3-5,7-13H,2,6H2,1H3,(H,25,30)(H,26,31). The second kappa shape index (κ2) is 9.33. The normalized spacial score (nSPS) is 10.8. The number of thiazole rings is 1. The van der Waals surface area contributed by atoms with Crippen LogP contribution in [0.1, 0.15) is 39.2 Å². The van der Waals surface area contributed by atoms with Crippen molar-refractivity contribution in [2.45, 2.75) is 19.8 Å². The lowest BCUT2D eigenvalue weighted by Crippen LogP contribution is -2.25. The van der Waals surface area contributed by atoms with Gasteiger partial charge in [0.25, 0.3) is 17.4 Å². The predicted octanol–water partition coefficient (Wildman–Crippen LogP) is 4.87. The molecule has 0 radical (unpaired) electrons. The zero-order valence-corrected chi connectivity index (χ0v) is 18.7. The monoisotopic (exact) mass is 466 g/mol. The van der Waals surface area contributed by atoms with Crippen molar-refractivity contribution in [3.8, 4) is 0 Å². The van der Waals surface area contributed by atoms with Crippen LogP contribution in [0.5, 0.6) is 0 Å². The number of carbonyl (C=O) groups is 2. The maximum atomic E-state index is 13.2. The summed E-state index contributed by atoms with van der Waals surface area (Å²) in [7, 11) is 0. The van der Waals surface area contributed by atoms with Crippen LogP contribution in [0.2, 0.25) is 5.02 Å². The minimum atomic E-state index is -0.594. The van der Waals surface area contributed by atoms with E-state index in [0.717, 1.165) is 17.8 Å². The first-order valence-corrected chi connectivity index (χ1v) is 11.1. The van der Waals surface area contributed by atoms with Crippen molar-refractivity contribution >= 4 is 51.1 Å². The molecule has 2 aromatic carbocycles. The van der Waals surface area contributed by atoms with Crippen molar-refractivity contribution in [3.63, 3.8) is 0 Å². The van der Waals surface area contributed by atoms with E-state index < -0.39 is 17.4 Å². The molecule has 2 amide bonds. The Hall–Kier alpha value is -3.49. The van der Waals surface area contributed by atoms with E-state index in [4.69, 9.17) is 11.6 Å². The maximum Gasteiger partial charge on any atom is 0.274 e. The summed E-state index contributed by atoms with van der Waals surface area (Å²) in [6, 6.07) is 16.8. The highest BCUT2D eigenvalue weighted by molar-refractivity contribution is 7.19. The Balaban J connectivity index is 1.80. The third kappa shape index (κ3) is 4.56. The molecule has 0 aliphatic heterocycles. The molecule has 162 valence electrons.